The number of fused-ring (bicyclic) bond motifs is 7. The molecule has 3 aromatic rings. The predicted octanol–water partition coefficient (Wildman–Crippen LogP) is 2.49. The number of aliphatic carboxylic acids is 1. The van der Waals surface area contributed by atoms with Gasteiger partial charge >= 0.3 is 5.97 Å². The Balaban J connectivity index is 1.87. The van der Waals surface area contributed by atoms with E-state index in [4.69, 9.17) is 4.99 Å². The van der Waals surface area contributed by atoms with E-state index >= 15 is 0 Å². The molecule has 1 atom stereocenters. The lowest BCUT2D eigenvalue weighted by molar-refractivity contribution is -0.137. The first kappa shape index (κ1) is 29.6. The van der Waals surface area contributed by atoms with Crippen LogP contribution < -0.4 is 26.7 Å². The highest BCUT2D eigenvalue weighted by Crippen LogP contribution is 2.25. The molecule has 0 fully saturated rings. The van der Waals surface area contributed by atoms with Crippen molar-refractivity contribution in [3.63, 3.8) is 0 Å². The van der Waals surface area contributed by atoms with Gasteiger partial charge in [-0.15, -0.1) is 0 Å². The largest absolute Gasteiger partial charge is 0.481 e. The first-order valence-corrected chi connectivity index (χ1v) is 14.6. The smallest absolute Gasteiger partial charge is 0.303 e. The van der Waals surface area contributed by atoms with Gasteiger partial charge in [0, 0.05) is 63.8 Å². The number of nitrogens with zero attached hydrogens (tertiary/aromatic N) is 1. The summed E-state index contributed by atoms with van der Waals surface area (Å²) in [7, 11) is 1.64. The van der Waals surface area contributed by atoms with Crippen molar-refractivity contribution in [1.29, 1.82) is 0 Å². The van der Waals surface area contributed by atoms with Crippen LogP contribution in [0.3, 0.4) is 0 Å². The molecule has 8 nitrogen and oxygen atoms in total. The van der Waals surface area contributed by atoms with Crippen LogP contribution in [0.2, 0.25) is 0 Å². The molecule has 8 heteroatoms. The third kappa shape index (κ3) is 5.52. The lowest BCUT2D eigenvalue weighted by Gasteiger charge is -2.03. The summed E-state index contributed by atoms with van der Waals surface area (Å²) >= 11 is 0. The van der Waals surface area contributed by atoms with E-state index in [0.29, 0.717) is 19.3 Å². The summed E-state index contributed by atoms with van der Waals surface area (Å²) in [6, 6.07) is -0.185. The molecule has 1 amide bonds. The Kier molecular flexibility index (Phi) is 8.13. The van der Waals surface area contributed by atoms with Gasteiger partial charge in [-0.1, -0.05) is 25.3 Å². The van der Waals surface area contributed by atoms with Crippen LogP contribution in [0.1, 0.15) is 64.5 Å². The Morgan fingerprint density at radius 1 is 0.860 bits per heavy atom. The van der Waals surface area contributed by atoms with Crippen LogP contribution in [0.15, 0.2) is 35.4 Å². The number of amides is 1. The molecule has 0 spiro atoms. The number of carboxylic acid groups (broad SMARTS) is 1. The molecule has 0 saturated carbocycles. The van der Waals surface area contributed by atoms with Crippen molar-refractivity contribution in [1.82, 2.24) is 20.3 Å². The van der Waals surface area contributed by atoms with Gasteiger partial charge in [0.2, 0.25) is 5.91 Å². The number of H-pyrrole nitrogens is 3. The third-order valence-electron chi connectivity index (χ3n) is 8.75. The molecule has 1 unspecified atom stereocenters. The van der Waals surface area contributed by atoms with Crippen LogP contribution in [-0.2, 0) is 22.4 Å². The fraction of sp³-hybridized carbons (Fsp3) is 0.286. The maximum absolute atomic E-state index is 12.2. The Morgan fingerprint density at radius 3 is 2.23 bits per heavy atom. The topological polar surface area (TPSA) is 126 Å². The van der Waals surface area contributed by atoms with E-state index in [0.717, 1.165) is 83.0 Å². The highest BCUT2D eigenvalue weighted by Gasteiger charge is 2.22. The Morgan fingerprint density at radius 2 is 1.56 bits per heavy atom. The molecule has 2 aliphatic rings. The normalized spacial score (nSPS) is 17.1. The minimum Gasteiger partial charge on any atom is -0.481 e. The Labute approximate surface area is 250 Å². The van der Waals surface area contributed by atoms with Crippen molar-refractivity contribution >= 4 is 48.0 Å². The number of hydrogen-bond donors (Lipinski definition) is 5. The Hall–Kier alpha value is -4.85. The fourth-order valence-electron chi connectivity index (χ4n) is 6.13. The molecular weight excluding hydrogens is 538 g/mol. The van der Waals surface area contributed by atoms with Gasteiger partial charge in [-0.05, 0) is 98.2 Å². The van der Waals surface area contributed by atoms with Gasteiger partial charge in [0.1, 0.15) is 0 Å². The lowest BCUT2D eigenvalue weighted by atomic mass is 10.0. The number of carboxylic acids is 1. The molecule has 5 N–H and O–H groups in total. The number of aromatic amines is 3. The van der Waals surface area contributed by atoms with Crippen molar-refractivity contribution in [2.24, 2.45) is 4.99 Å². The maximum atomic E-state index is 12.2. The minimum atomic E-state index is -0.845. The summed E-state index contributed by atoms with van der Waals surface area (Å²) in [6.45, 7) is 16.4. The summed E-state index contributed by atoms with van der Waals surface area (Å²) in [5.74, 6) is -0.874. The highest BCUT2D eigenvalue weighted by atomic mass is 16.4. The van der Waals surface area contributed by atoms with E-state index in [9.17, 15) is 14.7 Å². The number of rotatable bonds is 8. The summed E-state index contributed by atoms with van der Waals surface area (Å²) in [4.78, 5) is 39.7. The number of carbonyl (C=O) groups excluding carboxylic acids is 1. The molecule has 5 heterocycles. The van der Waals surface area contributed by atoms with Crippen molar-refractivity contribution < 1.29 is 14.7 Å². The van der Waals surface area contributed by atoms with E-state index in [-0.39, 0.29) is 18.4 Å². The van der Waals surface area contributed by atoms with Crippen LogP contribution in [0, 0.1) is 20.8 Å². The second-order valence-electron chi connectivity index (χ2n) is 11.2. The van der Waals surface area contributed by atoms with Gasteiger partial charge in [-0.3, -0.25) is 14.6 Å². The number of nitrogens with one attached hydrogen (secondary N) is 4. The quantitative estimate of drug-likeness (QED) is 0.282. The second kappa shape index (κ2) is 11.8. The van der Waals surface area contributed by atoms with E-state index in [1.807, 2.05) is 25.2 Å². The van der Waals surface area contributed by atoms with Crippen molar-refractivity contribution in [2.45, 2.75) is 59.4 Å². The molecule has 0 aromatic carbocycles. The first-order chi connectivity index (χ1) is 20.6. The molecule has 3 aromatic heterocycles. The molecule has 222 valence electrons. The minimum absolute atomic E-state index is 0.0168. The zero-order valence-corrected chi connectivity index (χ0v) is 25.5. The lowest BCUT2D eigenvalue weighted by Crippen LogP contribution is -2.20. The summed E-state index contributed by atoms with van der Waals surface area (Å²) in [5.41, 5.74) is 10.8. The van der Waals surface area contributed by atoms with E-state index < -0.39 is 5.97 Å². The van der Waals surface area contributed by atoms with Gasteiger partial charge in [0.05, 0.1) is 11.8 Å². The van der Waals surface area contributed by atoms with Crippen molar-refractivity contribution in [3.8, 4) is 0 Å². The van der Waals surface area contributed by atoms with Gasteiger partial charge in [0.15, 0.2) is 0 Å². The number of aliphatic imine (C=N–C) groups is 1. The van der Waals surface area contributed by atoms with Gasteiger partial charge in [0.25, 0.3) is 0 Å². The highest BCUT2D eigenvalue weighted by molar-refractivity contribution is 6.24. The monoisotopic (exact) mass is 577 g/mol. The summed E-state index contributed by atoms with van der Waals surface area (Å²) in [6.07, 6.45) is 13.3. The number of hydrogen-bond acceptors (Lipinski definition) is 3. The average molecular weight is 578 g/mol. The zero-order chi connectivity index (χ0) is 31.0. The SMILES string of the molecule is C=CC1=C(C)C2/C=c3\[nH]/c(c(CCC(=O)NC)c3C)=C\c3[nH]c(c(C)c3CCC(=O)O)C=c3[nH]c(c(C)c3C=C)=CC1=N2. The molecule has 8 bridgehead atoms. The zero-order valence-electron chi connectivity index (χ0n) is 25.5. The summed E-state index contributed by atoms with van der Waals surface area (Å²) in [5, 5.41) is 15.9. The first-order valence-electron chi connectivity index (χ1n) is 14.6. The van der Waals surface area contributed by atoms with Gasteiger partial charge in [-0.2, -0.15) is 0 Å². The van der Waals surface area contributed by atoms with Crippen LogP contribution in [0.4, 0.5) is 0 Å². The predicted molar refractivity (Wildman–Crippen MR) is 174 cm³/mol. The standard InChI is InChI=1S/C35H39N5O3/c1-8-22-18(3)26-14-27-20(5)24(10-12-34(41)36-7)32(39-27)17-33-25(11-13-35(42)43)21(6)29(40-33)16-31-23(9-2)19(4)28(38-31)15-30(22)37-26/h8-9,14-17,26,38-40H,1-2,10-13H2,3-7H3,(H,36,41)(H,42,43)/b27-14-,28-15?,31-16?,32-17-. The molecule has 2 aliphatic heterocycles. The van der Waals surface area contributed by atoms with Crippen molar-refractivity contribution in [3.05, 3.63) is 96.5 Å². The number of carbonyl (C=O) groups is 2. The maximum Gasteiger partial charge on any atom is 0.303 e. The Bertz CT molecular complexity index is 1990. The molecule has 0 radical (unpaired) electrons. The van der Waals surface area contributed by atoms with Crippen molar-refractivity contribution in [2.75, 3.05) is 7.05 Å². The molecule has 0 saturated heterocycles. The van der Waals surface area contributed by atoms with Gasteiger partial charge in [-0.25, -0.2) is 0 Å². The molecule has 5 rings (SSSR count). The second-order valence-corrected chi connectivity index (χ2v) is 11.2. The van der Waals surface area contributed by atoms with Crippen LogP contribution in [0.5, 0.6) is 0 Å². The number of aromatic nitrogens is 3. The number of allylic oxidation sites excluding steroid dienone is 2. The van der Waals surface area contributed by atoms with E-state index in [1.165, 1.54) is 0 Å². The molecular formula is C35H39N5O3. The fourth-order valence-corrected chi connectivity index (χ4v) is 6.13. The van der Waals surface area contributed by atoms with Crippen LogP contribution >= 0.6 is 0 Å². The third-order valence-corrected chi connectivity index (χ3v) is 8.75. The molecule has 0 aliphatic carbocycles. The van der Waals surface area contributed by atoms with E-state index in [1.54, 1.807) is 7.05 Å². The summed E-state index contributed by atoms with van der Waals surface area (Å²) < 4.78 is 0. The van der Waals surface area contributed by atoms with E-state index in [2.05, 4.69) is 72.4 Å². The van der Waals surface area contributed by atoms with Crippen LogP contribution in [0.25, 0.3) is 30.4 Å². The van der Waals surface area contributed by atoms with Crippen LogP contribution in [-0.4, -0.2) is 50.7 Å². The molecule has 43 heavy (non-hydrogen) atoms. The average Bonchev–Trinajstić information content (AvgIpc) is 3.63. The van der Waals surface area contributed by atoms with Gasteiger partial charge < -0.3 is 25.4 Å².